The van der Waals surface area contributed by atoms with E-state index in [2.05, 4.69) is 107 Å². The topological polar surface area (TPSA) is 144 Å². The summed E-state index contributed by atoms with van der Waals surface area (Å²) in [5.74, 6) is 0. The minimum absolute atomic E-state index is 0. The standard InChI is InChI=1S/C14H11Br.C14H12.BrO3.BrH.2Na.H2O4S/c15-12-7-8-14-11(9-12)6-5-10-3-1-2-4-13(10)14;1-3-7-13-11(5-1)9-10-12-6-2-4-8-14(12)13;2-1(3)4;;;;1-5(2,3)4/h1-4,7-9H,5-6H2;1-8H,9-10H2;;1H;;;(H2,1,2,3,4)/q;;-1;;2*+1;/p-1. The Morgan fingerprint density at radius 2 is 0.854 bits per heavy atom. The van der Waals surface area contributed by atoms with E-state index in [9.17, 15) is 0 Å². The Morgan fingerprint density at radius 3 is 1.20 bits per heavy atom. The molecule has 0 spiro atoms. The Morgan fingerprint density at radius 1 is 0.585 bits per heavy atom. The summed E-state index contributed by atoms with van der Waals surface area (Å²) in [5.41, 5.74) is 11.6. The quantitative estimate of drug-likeness (QED) is 0.134. The van der Waals surface area contributed by atoms with Crippen LogP contribution in [0.3, 0.4) is 0 Å². The van der Waals surface area contributed by atoms with E-state index in [-0.39, 0.29) is 76.1 Å². The molecule has 0 unspecified atom stereocenters. The first kappa shape index (κ1) is 41.1. The maximum Gasteiger partial charge on any atom is 1.00 e. The van der Waals surface area contributed by atoms with Crippen molar-refractivity contribution in [3.63, 3.8) is 0 Å². The van der Waals surface area contributed by atoms with Crippen LogP contribution < -0.4 is 88.7 Å². The Kier molecular flexibility index (Phi) is 20.2. The van der Waals surface area contributed by atoms with Gasteiger partial charge in [0.25, 0.3) is 0 Å². The molecule has 0 aliphatic heterocycles. The fourth-order valence-electron chi connectivity index (χ4n) is 4.57. The Labute approximate surface area is 309 Å². The van der Waals surface area contributed by atoms with Gasteiger partial charge in [-0.2, -0.15) is 8.42 Å². The number of halogens is 3. The van der Waals surface area contributed by atoms with Crippen LogP contribution in [-0.4, -0.2) is 17.5 Å². The van der Waals surface area contributed by atoms with Gasteiger partial charge in [-0.15, -0.1) is 0 Å². The van der Waals surface area contributed by atoms with E-state index in [0.717, 1.165) is 6.42 Å². The molecule has 0 atom stereocenters. The van der Waals surface area contributed by atoms with Crippen LogP contribution in [0.1, 0.15) is 22.3 Å². The van der Waals surface area contributed by atoms with E-state index in [1.54, 1.807) is 0 Å². The molecule has 0 saturated carbocycles. The third-order valence-electron chi connectivity index (χ3n) is 6.03. The van der Waals surface area contributed by atoms with Gasteiger partial charge in [-0.1, -0.05) is 94.8 Å². The van der Waals surface area contributed by atoms with Crippen molar-refractivity contribution in [1.29, 1.82) is 0 Å². The van der Waals surface area contributed by atoms with Gasteiger partial charge in [0.1, 0.15) is 0 Å². The molecule has 2 aliphatic rings. The predicted molar refractivity (Wildman–Crippen MR) is 140 cm³/mol. The number of hydrogen-bond donors (Lipinski definition) is 2. The number of benzene rings is 4. The molecule has 208 valence electrons. The van der Waals surface area contributed by atoms with Gasteiger partial charge in [-0.3, -0.25) is 9.11 Å². The van der Waals surface area contributed by atoms with Gasteiger partial charge in [-0.25, -0.2) is 0 Å². The van der Waals surface area contributed by atoms with Crippen molar-refractivity contribution >= 4 is 26.3 Å². The average molecular weight is 791 g/mol. The molecule has 0 bridgehead atoms. The van der Waals surface area contributed by atoms with Crippen molar-refractivity contribution in [3.05, 3.63) is 118 Å². The molecule has 6 rings (SSSR count). The van der Waals surface area contributed by atoms with Crippen molar-refractivity contribution < 1.29 is 121 Å². The zero-order chi connectivity index (χ0) is 27.7. The van der Waals surface area contributed by atoms with Crippen LogP contribution in [0.2, 0.25) is 0 Å². The molecule has 0 saturated heterocycles. The maximum atomic E-state index is 8.74. The molecule has 0 heterocycles. The fraction of sp³-hybridized carbons (Fsp3) is 0.143. The summed E-state index contributed by atoms with van der Waals surface area (Å²) >= 11 is -0.115. The summed E-state index contributed by atoms with van der Waals surface area (Å²) in [6.07, 6.45) is 4.70. The molecule has 0 aromatic heterocycles. The van der Waals surface area contributed by atoms with E-state index in [1.165, 1.54) is 68.2 Å². The zero-order valence-electron chi connectivity index (χ0n) is 22.5. The molecular formula is C28H25Br3Na2O7S. The first-order valence-electron chi connectivity index (χ1n) is 11.5. The van der Waals surface area contributed by atoms with E-state index in [4.69, 9.17) is 30.1 Å². The van der Waals surface area contributed by atoms with Crippen LogP contribution >= 0.6 is 15.9 Å². The van der Waals surface area contributed by atoms with Crippen LogP contribution in [0.4, 0.5) is 0 Å². The molecule has 13 heteroatoms. The summed E-state index contributed by atoms with van der Waals surface area (Å²) in [5, 5.41) is 0. The maximum absolute atomic E-state index is 8.74. The molecule has 0 amide bonds. The Bertz CT molecular complexity index is 1430. The molecule has 4 aromatic carbocycles. The van der Waals surface area contributed by atoms with Gasteiger partial charge < -0.3 is 29.6 Å². The summed E-state index contributed by atoms with van der Waals surface area (Å²) in [6, 6.07) is 32.8. The SMILES string of the molecule is Brc1ccc2c(c1)CCc1ccccc1-2.O=S(=O)(O)O.[Br-].[Na+].[Na+].[O-][Br+2]([O-])[O-].c1ccc2c(c1)CCc1ccccc1-2. The minimum atomic E-state index is -4.67. The minimum Gasteiger partial charge on any atom is -1.00 e. The summed E-state index contributed by atoms with van der Waals surface area (Å²) in [4.78, 5) is 0. The van der Waals surface area contributed by atoms with E-state index >= 15 is 0 Å². The number of fused-ring (bicyclic) bond motifs is 6. The fourth-order valence-corrected chi connectivity index (χ4v) is 4.98. The normalized spacial score (nSPS) is 11.6. The smallest absolute Gasteiger partial charge is 1.00 e. The van der Waals surface area contributed by atoms with Gasteiger partial charge in [0.15, 0.2) is 0 Å². The Hall–Kier alpha value is 0.0700. The average Bonchev–Trinajstić information content (AvgIpc) is 2.87. The van der Waals surface area contributed by atoms with Gasteiger partial charge in [0.05, 0.1) is 0 Å². The molecule has 2 aliphatic carbocycles. The molecule has 41 heavy (non-hydrogen) atoms. The number of rotatable bonds is 0. The third kappa shape index (κ3) is 14.1. The van der Waals surface area contributed by atoms with E-state index < -0.39 is 25.2 Å². The van der Waals surface area contributed by atoms with Crippen LogP contribution in [0, 0.1) is 14.8 Å². The van der Waals surface area contributed by atoms with Crippen LogP contribution in [-0.2, 0) is 36.1 Å². The van der Waals surface area contributed by atoms with Crippen molar-refractivity contribution in [2.75, 3.05) is 0 Å². The second-order valence-corrected chi connectivity index (χ2v) is 11.0. The second kappa shape index (κ2) is 20.2. The van der Waals surface area contributed by atoms with Gasteiger partial charge in [-0.05, 0) is 82.3 Å². The molecular weight excluding hydrogens is 766 g/mol. The van der Waals surface area contributed by atoms with Crippen molar-refractivity contribution in [2.24, 2.45) is 0 Å². The van der Waals surface area contributed by atoms with Crippen LogP contribution in [0.5, 0.6) is 0 Å². The van der Waals surface area contributed by atoms with Crippen molar-refractivity contribution in [1.82, 2.24) is 0 Å². The Balaban J connectivity index is 0.000000575. The molecule has 4 aromatic rings. The summed E-state index contributed by atoms with van der Waals surface area (Å²) in [6.45, 7) is 0. The van der Waals surface area contributed by atoms with Crippen LogP contribution in [0.25, 0.3) is 22.3 Å². The largest absolute Gasteiger partial charge is 1.00 e. The molecule has 7 nitrogen and oxygen atoms in total. The summed E-state index contributed by atoms with van der Waals surface area (Å²) in [7, 11) is -4.67. The number of hydrogen-bond acceptors (Lipinski definition) is 5. The van der Waals surface area contributed by atoms with Gasteiger partial charge >= 0.3 is 69.5 Å². The van der Waals surface area contributed by atoms with E-state index in [1.807, 2.05) is 0 Å². The molecule has 0 radical (unpaired) electrons. The predicted octanol–water partition coefficient (Wildman–Crippen LogP) is -5.54. The molecule has 0 fully saturated rings. The zero-order valence-corrected chi connectivity index (χ0v) is 32.0. The van der Waals surface area contributed by atoms with Crippen LogP contribution in [0.15, 0.2) is 95.5 Å². The summed E-state index contributed by atoms with van der Waals surface area (Å²) < 4.78 is 58.3. The first-order chi connectivity index (χ1) is 18.0. The second-order valence-electron chi connectivity index (χ2n) is 8.41. The van der Waals surface area contributed by atoms with Gasteiger partial charge in [0, 0.05) is 4.47 Å². The number of aryl methyl sites for hydroxylation is 4. The first-order valence-corrected chi connectivity index (χ1v) is 15.6. The third-order valence-corrected chi connectivity index (χ3v) is 6.52. The van der Waals surface area contributed by atoms with Gasteiger partial charge in [0.2, 0.25) is 14.8 Å². The van der Waals surface area contributed by atoms with E-state index in [0.29, 0.717) is 0 Å². The monoisotopic (exact) mass is 788 g/mol. The van der Waals surface area contributed by atoms with Crippen molar-refractivity contribution in [3.8, 4) is 22.3 Å². The van der Waals surface area contributed by atoms with Crippen molar-refractivity contribution in [2.45, 2.75) is 25.7 Å². The molecule has 2 N–H and O–H groups in total.